The molecule has 0 radical (unpaired) electrons. The first-order valence-electron chi connectivity index (χ1n) is 4.76. The maximum atomic E-state index is 11.2. The molecule has 0 amide bonds. The van der Waals surface area contributed by atoms with Crippen LogP contribution in [0.3, 0.4) is 0 Å². The number of nitrogens with zero attached hydrogens (tertiary/aromatic N) is 2. The molecule has 5 heteroatoms. The molecular weight excluding hydrogens is 206 g/mol. The highest BCUT2D eigenvalue weighted by Crippen LogP contribution is 2.17. The monoisotopic (exact) mass is 217 g/mol. The first-order valence-corrected chi connectivity index (χ1v) is 4.76. The number of hydrogen-bond donors (Lipinski definition) is 1. The van der Waals surface area contributed by atoms with Crippen molar-refractivity contribution < 1.29 is 9.53 Å². The molecule has 0 aromatic carbocycles. The smallest absolute Gasteiger partial charge is 0.356 e. The summed E-state index contributed by atoms with van der Waals surface area (Å²) in [7, 11) is 1.33. The Morgan fingerprint density at radius 2 is 2.19 bits per heavy atom. The van der Waals surface area contributed by atoms with E-state index in [1.165, 1.54) is 7.11 Å². The molecule has 0 aliphatic carbocycles. The van der Waals surface area contributed by atoms with E-state index in [1.54, 1.807) is 18.5 Å². The summed E-state index contributed by atoms with van der Waals surface area (Å²) in [5.74, 6) is -0.431. The fourth-order valence-electron chi connectivity index (χ4n) is 1.38. The van der Waals surface area contributed by atoms with E-state index >= 15 is 0 Å². The molecule has 0 aliphatic heterocycles. The van der Waals surface area contributed by atoms with E-state index in [0.29, 0.717) is 11.4 Å². The van der Waals surface area contributed by atoms with Gasteiger partial charge in [-0.25, -0.2) is 4.79 Å². The van der Waals surface area contributed by atoms with E-state index in [2.05, 4.69) is 19.9 Å². The van der Waals surface area contributed by atoms with Gasteiger partial charge in [0.25, 0.3) is 0 Å². The predicted octanol–water partition coefficient (Wildman–Crippen LogP) is 1.57. The first-order chi connectivity index (χ1) is 7.70. The lowest BCUT2D eigenvalue weighted by atomic mass is 10.1. The lowest BCUT2D eigenvalue weighted by molar-refractivity contribution is 0.0594. The molecule has 2 aromatic rings. The third kappa shape index (κ3) is 1.93. The van der Waals surface area contributed by atoms with Crippen molar-refractivity contribution in [1.29, 1.82) is 0 Å². The van der Waals surface area contributed by atoms with Gasteiger partial charge in [-0.1, -0.05) is 0 Å². The summed E-state index contributed by atoms with van der Waals surface area (Å²) >= 11 is 0. The van der Waals surface area contributed by atoms with Gasteiger partial charge >= 0.3 is 5.97 Å². The Kier molecular flexibility index (Phi) is 2.68. The molecule has 0 atom stereocenters. The van der Waals surface area contributed by atoms with E-state index in [4.69, 9.17) is 0 Å². The SMILES string of the molecule is COC(=O)c1cc(-c2cncc(C)c2)n[nH]1. The number of methoxy groups -OCH3 is 1. The van der Waals surface area contributed by atoms with E-state index in [1.807, 2.05) is 13.0 Å². The zero-order valence-corrected chi connectivity index (χ0v) is 9.02. The van der Waals surface area contributed by atoms with Crippen LogP contribution in [0.2, 0.25) is 0 Å². The molecule has 0 unspecified atom stereocenters. The number of H-pyrrole nitrogens is 1. The number of carbonyl (C=O) groups is 1. The third-order valence-electron chi connectivity index (χ3n) is 2.15. The average molecular weight is 217 g/mol. The fraction of sp³-hybridized carbons (Fsp3) is 0.182. The van der Waals surface area contributed by atoms with Gasteiger partial charge < -0.3 is 4.74 Å². The van der Waals surface area contributed by atoms with Gasteiger partial charge in [0, 0.05) is 18.0 Å². The molecule has 2 rings (SSSR count). The van der Waals surface area contributed by atoms with Gasteiger partial charge in [-0.15, -0.1) is 0 Å². The predicted molar refractivity (Wildman–Crippen MR) is 57.9 cm³/mol. The Morgan fingerprint density at radius 1 is 1.38 bits per heavy atom. The third-order valence-corrected chi connectivity index (χ3v) is 2.15. The molecule has 0 saturated heterocycles. The van der Waals surface area contributed by atoms with Crippen LogP contribution in [0.25, 0.3) is 11.3 Å². The van der Waals surface area contributed by atoms with Crippen molar-refractivity contribution in [3.8, 4) is 11.3 Å². The number of ether oxygens (including phenoxy) is 1. The molecule has 0 saturated carbocycles. The Bertz CT molecular complexity index is 519. The highest BCUT2D eigenvalue weighted by Gasteiger charge is 2.10. The van der Waals surface area contributed by atoms with Crippen LogP contribution in [0.4, 0.5) is 0 Å². The Balaban J connectivity index is 2.35. The van der Waals surface area contributed by atoms with Crippen LogP contribution in [0.1, 0.15) is 16.1 Å². The van der Waals surface area contributed by atoms with Crippen LogP contribution < -0.4 is 0 Å². The number of nitrogens with one attached hydrogen (secondary N) is 1. The van der Waals surface area contributed by atoms with Crippen molar-refractivity contribution in [3.63, 3.8) is 0 Å². The number of esters is 1. The molecule has 2 heterocycles. The number of aromatic amines is 1. The van der Waals surface area contributed by atoms with Crippen molar-refractivity contribution in [2.24, 2.45) is 0 Å². The first kappa shape index (κ1) is 10.4. The van der Waals surface area contributed by atoms with Crippen LogP contribution in [0.15, 0.2) is 24.5 Å². The second kappa shape index (κ2) is 4.14. The fourth-order valence-corrected chi connectivity index (χ4v) is 1.38. The molecule has 2 aromatic heterocycles. The second-order valence-corrected chi connectivity index (χ2v) is 3.41. The molecule has 0 bridgehead atoms. The van der Waals surface area contributed by atoms with E-state index in [-0.39, 0.29) is 0 Å². The molecule has 1 N–H and O–H groups in total. The van der Waals surface area contributed by atoms with Crippen LogP contribution >= 0.6 is 0 Å². The van der Waals surface area contributed by atoms with E-state index < -0.39 is 5.97 Å². The molecule has 0 fully saturated rings. The molecule has 0 aliphatic rings. The van der Waals surface area contributed by atoms with Crippen LogP contribution in [0.5, 0.6) is 0 Å². The van der Waals surface area contributed by atoms with Crippen LogP contribution in [-0.4, -0.2) is 28.3 Å². The number of rotatable bonds is 2. The summed E-state index contributed by atoms with van der Waals surface area (Å²) in [5.41, 5.74) is 2.92. The van der Waals surface area contributed by atoms with Gasteiger partial charge in [0.2, 0.25) is 0 Å². The minimum atomic E-state index is -0.431. The van der Waals surface area contributed by atoms with E-state index in [0.717, 1.165) is 11.1 Å². The number of aromatic nitrogens is 3. The maximum Gasteiger partial charge on any atom is 0.356 e. The molecule has 0 spiro atoms. The molecular formula is C11H11N3O2. The van der Waals surface area contributed by atoms with Crippen molar-refractivity contribution in [2.45, 2.75) is 6.92 Å². The molecule has 5 nitrogen and oxygen atoms in total. The number of hydrogen-bond acceptors (Lipinski definition) is 4. The average Bonchev–Trinajstić information content (AvgIpc) is 2.77. The normalized spacial score (nSPS) is 10.1. The van der Waals surface area contributed by atoms with Crippen molar-refractivity contribution in [3.05, 3.63) is 35.8 Å². The van der Waals surface area contributed by atoms with Gasteiger partial charge in [0.1, 0.15) is 5.69 Å². The number of carbonyl (C=O) groups excluding carboxylic acids is 1. The van der Waals surface area contributed by atoms with Gasteiger partial charge in [-0.05, 0) is 24.6 Å². The Labute approximate surface area is 92.5 Å². The number of pyridine rings is 1. The Morgan fingerprint density at radius 3 is 2.88 bits per heavy atom. The summed E-state index contributed by atoms with van der Waals surface area (Å²) in [4.78, 5) is 15.3. The van der Waals surface area contributed by atoms with Crippen molar-refractivity contribution >= 4 is 5.97 Å². The lowest BCUT2D eigenvalue weighted by Gasteiger charge is -1.96. The minimum absolute atomic E-state index is 0.332. The lowest BCUT2D eigenvalue weighted by Crippen LogP contribution is -2.00. The maximum absolute atomic E-state index is 11.2. The van der Waals surface area contributed by atoms with Gasteiger partial charge in [0.05, 0.1) is 12.8 Å². The molecule has 82 valence electrons. The largest absolute Gasteiger partial charge is 0.464 e. The second-order valence-electron chi connectivity index (χ2n) is 3.41. The highest BCUT2D eigenvalue weighted by atomic mass is 16.5. The summed E-state index contributed by atoms with van der Waals surface area (Å²) in [6.07, 6.45) is 3.46. The van der Waals surface area contributed by atoms with Gasteiger partial charge in [0.15, 0.2) is 0 Å². The van der Waals surface area contributed by atoms with Crippen LogP contribution in [0, 0.1) is 6.92 Å². The quantitative estimate of drug-likeness (QED) is 0.775. The van der Waals surface area contributed by atoms with Crippen molar-refractivity contribution in [2.75, 3.05) is 7.11 Å². The van der Waals surface area contributed by atoms with Crippen molar-refractivity contribution in [1.82, 2.24) is 15.2 Å². The summed E-state index contributed by atoms with van der Waals surface area (Å²) in [5, 5.41) is 6.65. The van der Waals surface area contributed by atoms with Crippen LogP contribution in [-0.2, 0) is 4.74 Å². The van der Waals surface area contributed by atoms with E-state index in [9.17, 15) is 4.79 Å². The van der Waals surface area contributed by atoms with Gasteiger partial charge in [-0.3, -0.25) is 10.1 Å². The standard InChI is InChI=1S/C11H11N3O2/c1-7-3-8(6-12-5-7)9-4-10(14-13-9)11(15)16-2/h3-6H,1-2H3,(H,13,14). The topological polar surface area (TPSA) is 67.9 Å². The number of aryl methyl sites for hydroxylation is 1. The summed E-state index contributed by atoms with van der Waals surface area (Å²) in [6, 6.07) is 3.59. The minimum Gasteiger partial charge on any atom is -0.464 e. The summed E-state index contributed by atoms with van der Waals surface area (Å²) in [6.45, 7) is 1.95. The Hall–Kier alpha value is -2.17. The molecule has 16 heavy (non-hydrogen) atoms. The highest BCUT2D eigenvalue weighted by molar-refractivity contribution is 5.88. The van der Waals surface area contributed by atoms with Gasteiger partial charge in [-0.2, -0.15) is 5.10 Å². The zero-order chi connectivity index (χ0) is 11.5. The summed E-state index contributed by atoms with van der Waals surface area (Å²) < 4.78 is 4.58. The zero-order valence-electron chi connectivity index (χ0n) is 9.02.